The van der Waals surface area contributed by atoms with Gasteiger partial charge in [0, 0.05) is 49.1 Å². The quantitative estimate of drug-likeness (QED) is 0.183. The molecular formula is C50H29N3O2. The van der Waals surface area contributed by atoms with Gasteiger partial charge in [-0.25, -0.2) is 9.97 Å². The zero-order chi connectivity index (χ0) is 36.0. The number of benzene rings is 8. The van der Waals surface area contributed by atoms with Gasteiger partial charge in [-0.1, -0.05) is 127 Å². The molecule has 5 heteroatoms. The lowest BCUT2D eigenvalue weighted by Crippen LogP contribution is -1.94. The van der Waals surface area contributed by atoms with Crippen LogP contribution in [0, 0.1) is 0 Å². The normalized spacial score (nSPS) is 12.0. The molecule has 4 aromatic heterocycles. The van der Waals surface area contributed by atoms with E-state index in [4.69, 9.17) is 18.8 Å². The third-order valence-corrected chi connectivity index (χ3v) is 11.0. The molecule has 12 aromatic rings. The summed E-state index contributed by atoms with van der Waals surface area (Å²) in [5, 5.41) is 7.92. The zero-order valence-corrected chi connectivity index (χ0v) is 29.4. The molecule has 55 heavy (non-hydrogen) atoms. The van der Waals surface area contributed by atoms with Crippen molar-refractivity contribution in [3.8, 4) is 39.5 Å². The number of hydrogen-bond donors (Lipinski definition) is 0. The van der Waals surface area contributed by atoms with Crippen LogP contribution in [0.4, 0.5) is 0 Å². The minimum absolute atomic E-state index is 0.631. The van der Waals surface area contributed by atoms with Crippen molar-refractivity contribution in [2.45, 2.75) is 0 Å². The second-order valence-corrected chi connectivity index (χ2v) is 14.1. The first-order chi connectivity index (χ1) is 27.3. The Morgan fingerprint density at radius 3 is 1.98 bits per heavy atom. The Kier molecular flexibility index (Phi) is 6.27. The number of furan rings is 2. The molecule has 0 fully saturated rings. The molecule has 5 nitrogen and oxygen atoms in total. The molecular weight excluding hydrogens is 675 g/mol. The van der Waals surface area contributed by atoms with Crippen LogP contribution in [0.3, 0.4) is 0 Å². The molecule has 0 radical (unpaired) electrons. The molecule has 4 heterocycles. The van der Waals surface area contributed by atoms with Crippen molar-refractivity contribution >= 4 is 76.6 Å². The second kappa shape index (κ2) is 11.5. The van der Waals surface area contributed by atoms with Crippen LogP contribution in [0.2, 0.25) is 0 Å². The van der Waals surface area contributed by atoms with Crippen molar-refractivity contribution in [2.75, 3.05) is 0 Å². The first kappa shape index (κ1) is 30.0. The highest BCUT2D eigenvalue weighted by Gasteiger charge is 2.23. The third kappa shape index (κ3) is 4.47. The van der Waals surface area contributed by atoms with E-state index in [0.29, 0.717) is 17.1 Å². The molecule has 0 atom stereocenters. The molecule has 0 amide bonds. The van der Waals surface area contributed by atoms with Crippen LogP contribution in [0.25, 0.3) is 116 Å². The minimum atomic E-state index is 0.631. The van der Waals surface area contributed by atoms with E-state index in [0.717, 1.165) is 66.4 Å². The van der Waals surface area contributed by atoms with Crippen molar-refractivity contribution in [1.82, 2.24) is 14.5 Å². The van der Waals surface area contributed by atoms with E-state index in [9.17, 15) is 0 Å². The first-order valence-corrected chi connectivity index (χ1v) is 18.5. The van der Waals surface area contributed by atoms with Gasteiger partial charge in [0.1, 0.15) is 28.0 Å². The minimum Gasteiger partial charge on any atom is -0.455 e. The lowest BCUT2D eigenvalue weighted by Gasteiger charge is -2.10. The average molecular weight is 704 g/mol. The van der Waals surface area contributed by atoms with Crippen LogP contribution in [0.15, 0.2) is 185 Å². The van der Waals surface area contributed by atoms with E-state index < -0.39 is 0 Å². The van der Waals surface area contributed by atoms with Crippen molar-refractivity contribution < 1.29 is 8.83 Å². The van der Waals surface area contributed by atoms with E-state index in [-0.39, 0.29) is 0 Å². The smallest absolute Gasteiger partial charge is 0.180 e. The van der Waals surface area contributed by atoms with E-state index in [1.54, 1.807) is 0 Å². The summed E-state index contributed by atoms with van der Waals surface area (Å²) >= 11 is 0. The molecule has 0 aliphatic rings. The highest BCUT2D eigenvalue weighted by molar-refractivity contribution is 6.19. The van der Waals surface area contributed by atoms with E-state index in [1.165, 1.54) is 32.6 Å². The van der Waals surface area contributed by atoms with Gasteiger partial charge in [-0.05, 0) is 65.0 Å². The molecule has 0 aliphatic heterocycles. The topological polar surface area (TPSA) is 57.0 Å². The van der Waals surface area contributed by atoms with Gasteiger partial charge in [0.25, 0.3) is 0 Å². The lowest BCUT2D eigenvalue weighted by molar-refractivity contribution is 0.663. The van der Waals surface area contributed by atoms with Crippen LogP contribution >= 0.6 is 0 Å². The maximum absolute atomic E-state index is 6.69. The van der Waals surface area contributed by atoms with Gasteiger partial charge in [0.2, 0.25) is 0 Å². The van der Waals surface area contributed by atoms with Crippen LogP contribution in [0.1, 0.15) is 0 Å². The summed E-state index contributed by atoms with van der Waals surface area (Å²) in [6.07, 6.45) is 0. The SMILES string of the molecule is c1ccc(-c2nc(-c3cccc4c3oc3ccccc34)c3oc4ccc(-c5ccc6c(c5)c5ccc7ccccc7c5n6-c5ccccc5)cc4c3n2)cc1. The summed E-state index contributed by atoms with van der Waals surface area (Å²) < 4.78 is 15.6. The highest BCUT2D eigenvalue weighted by atomic mass is 16.3. The molecule has 0 bridgehead atoms. The van der Waals surface area contributed by atoms with Crippen LogP contribution in [-0.4, -0.2) is 14.5 Å². The fraction of sp³-hybridized carbons (Fsp3) is 0. The number of fused-ring (bicyclic) bond motifs is 11. The monoisotopic (exact) mass is 703 g/mol. The maximum Gasteiger partial charge on any atom is 0.180 e. The Hall–Kier alpha value is -7.50. The van der Waals surface area contributed by atoms with Gasteiger partial charge in [-0.15, -0.1) is 0 Å². The zero-order valence-electron chi connectivity index (χ0n) is 29.4. The molecule has 12 rings (SSSR count). The second-order valence-electron chi connectivity index (χ2n) is 14.1. The van der Waals surface area contributed by atoms with Gasteiger partial charge in [-0.3, -0.25) is 0 Å². The largest absolute Gasteiger partial charge is 0.455 e. The Morgan fingerprint density at radius 2 is 1.11 bits per heavy atom. The van der Waals surface area contributed by atoms with E-state index in [1.807, 2.05) is 48.5 Å². The fourth-order valence-corrected chi connectivity index (χ4v) is 8.46. The van der Waals surface area contributed by atoms with E-state index in [2.05, 4.69) is 132 Å². The highest BCUT2D eigenvalue weighted by Crippen LogP contribution is 2.43. The summed E-state index contributed by atoms with van der Waals surface area (Å²) in [6.45, 7) is 0. The lowest BCUT2D eigenvalue weighted by atomic mass is 10.00. The number of rotatable bonds is 4. The average Bonchev–Trinajstić information content (AvgIpc) is 3.93. The van der Waals surface area contributed by atoms with Crippen LogP contribution < -0.4 is 0 Å². The number of nitrogens with zero attached hydrogens (tertiary/aromatic N) is 3. The molecule has 0 spiro atoms. The van der Waals surface area contributed by atoms with E-state index >= 15 is 0 Å². The molecule has 0 unspecified atom stereocenters. The maximum atomic E-state index is 6.69. The Morgan fingerprint density at radius 1 is 0.418 bits per heavy atom. The molecule has 0 aliphatic carbocycles. The van der Waals surface area contributed by atoms with Gasteiger partial charge in [-0.2, -0.15) is 0 Å². The molecule has 0 saturated carbocycles. The Balaban J connectivity index is 1.10. The molecule has 0 N–H and O–H groups in total. The summed E-state index contributed by atoms with van der Waals surface area (Å²) in [5.41, 5.74) is 12.0. The van der Waals surface area contributed by atoms with Gasteiger partial charge >= 0.3 is 0 Å². The third-order valence-electron chi connectivity index (χ3n) is 11.0. The number of para-hydroxylation sites is 3. The van der Waals surface area contributed by atoms with Crippen molar-refractivity contribution in [2.24, 2.45) is 0 Å². The van der Waals surface area contributed by atoms with Crippen molar-refractivity contribution in [3.05, 3.63) is 176 Å². The summed E-state index contributed by atoms with van der Waals surface area (Å²) in [5.74, 6) is 0.631. The Bertz CT molecular complexity index is 3480. The van der Waals surface area contributed by atoms with Gasteiger partial charge < -0.3 is 13.4 Å². The molecule has 8 aromatic carbocycles. The summed E-state index contributed by atoms with van der Waals surface area (Å²) in [4.78, 5) is 10.4. The fourth-order valence-electron chi connectivity index (χ4n) is 8.46. The molecule has 256 valence electrons. The number of aromatic nitrogens is 3. The van der Waals surface area contributed by atoms with Gasteiger partial charge in [0.05, 0.1) is 11.0 Å². The Labute approximate surface area is 314 Å². The first-order valence-electron chi connectivity index (χ1n) is 18.5. The van der Waals surface area contributed by atoms with Crippen LogP contribution in [-0.2, 0) is 0 Å². The summed E-state index contributed by atoms with van der Waals surface area (Å²) in [7, 11) is 0. The van der Waals surface area contributed by atoms with Gasteiger partial charge in [0.15, 0.2) is 11.4 Å². The number of hydrogen-bond acceptors (Lipinski definition) is 4. The standard InChI is InChI=1S/C50H29N3O2/c1-3-13-31(14-4-1)50-51-45(39-20-11-19-38-36-18-9-10-21-43(36)54-48(38)39)49-46(52-50)41-29-33(24-27-44(41)55-49)32-23-26-42-40(28-32)37-25-22-30-12-7-8-17-35(30)47(37)53(42)34-15-5-2-6-16-34/h1-29H. The van der Waals surface area contributed by atoms with Crippen molar-refractivity contribution in [3.63, 3.8) is 0 Å². The van der Waals surface area contributed by atoms with Crippen LogP contribution in [0.5, 0.6) is 0 Å². The molecule has 0 saturated heterocycles. The predicted octanol–water partition coefficient (Wildman–Crippen LogP) is 13.5. The summed E-state index contributed by atoms with van der Waals surface area (Å²) in [6, 6.07) is 61.5. The predicted molar refractivity (Wildman–Crippen MR) is 225 cm³/mol. The van der Waals surface area contributed by atoms with Crippen molar-refractivity contribution in [1.29, 1.82) is 0 Å².